The molecule has 0 spiro atoms. The van der Waals surface area contributed by atoms with Gasteiger partial charge in [0.1, 0.15) is 0 Å². The fourth-order valence-corrected chi connectivity index (χ4v) is 2.01. The van der Waals surface area contributed by atoms with Gasteiger partial charge in [-0.05, 0) is 30.7 Å². The molecule has 0 aliphatic carbocycles. The van der Waals surface area contributed by atoms with E-state index in [1.165, 1.54) is 0 Å². The van der Waals surface area contributed by atoms with Gasteiger partial charge >= 0.3 is 0 Å². The maximum atomic E-state index is 12.2. The second-order valence-electron chi connectivity index (χ2n) is 4.44. The SMILES string of the molecule is CCc1cc(CC(=O)c2ccc(Cl)c(N)c2)n(C)n1. The lowest BCUT2D eigenvalue weighted by Gasteiger charge is -2.04. The lowest BCUT2D eigenvalue weighted by atomic mass is 10.1. The van der Waals surface area contributed by atoms with Crippen molar-refractivity contribution in [3.63, 3.8) is 0 Å². The summed E-state index contributed by atoms with van der Waals surface area (Å²) in [6, 6.07) is 6.90. The van der Waals surface area contributed by atoms with E-state index in [-0.39, 0.29) is 5.78 Å². The van der Waals surface area contributed by atoms with Crippen molar-refractivity contribution in [2.24, 2.45) is 7.05 Å². The van der Waals surface area contributed by atoms with E-state index >= 15 is 0 Å². The molecule has 19 heavy (non-hydrogen) atoms. The lowest BCUT2D eigenvalue weighted by molar-refractivity contribution is 0.0991. The molecule has 0 aliphatic heterocycles. The number of hydrogen-bond acceptors (Lipinski definition) is 3. The molecular weight excluding hydrogens is 262 g/mol. The van der Waals surface area contributed by atoms with Crippen LogP contribution >= 0.6 is 11.6 Å². The number of aryl methyl sites for hydroxylation is 2. The van der Waals surface area contributed by atoms with E-state index < -0.39 is 0 Å². The van der Waals surface area contributed by atoms with E-state index in [2.05, 4.69) is 5.10 Å². The van der Waals surface area contributed by atoms with Crippen LogP contribution in [-0.2, 0) is 19.9 Å². The van der Waals surface area contributed by atoms with Crippen LogP contribution in [0.5, 0.6) is 0 Å². The first-order chi connectivity index (χ1) is 9.01. The molecule has 5 heteroatoms. The van der Waals surface area contributed by atoms with Crippen molar-refractivity contribution < 1.29 is 4.79 Å². The van der Waals surface area contributed by atoms with Crippen molar-refractivity contribution in [2.75, 3.05) is 5.73 Å². The summed E-state index contributed by atoms with van der Waals surface area (Å²) < 4.78 is 1.75. The fraction of sp³-hybridized carbons (Fsp3) is 0.286. The smallest absolute Gasteiger partial charge is 0.168 e. The molecule has 2 aromatic rings. The average Bonchev–Trinajstić information content (AvgIpc) is 2.73. The van der Waals surface area contributed by atoms with Crippen molar-refractivity contribution in [1.82, 2.24) is 9.78 Å². The topological polar surface area (TPSA) is 60.9 Å². The maximum absolute atomic E-state index is 12.2. The summed E-state index contributed by atoms with van der Waals surface area (Å²) in [5, 5.41) is 4.79. The number of rotatable bonds is 4. The summed E-state index contributed by atoms with van der Waals surface area (Å²) in [6.07, 6.45) is 1.17. The molecule has 0 amide bonds. The lowest BCUT2D eigenvalue weighted by Crippen LogP contribution is -2.08. The van der Waals surface area contributed by atoms with Gasteiger partial charge in [-0.15, -0.1) is 0 Å². The van der Waals surface area contributed by atoms with E-state index in [4.69, 9.17) is 17.3 Å². The summed E-state index contributed by atoms with van der Waals surface area (Å²) in [5.41, 5.74) is 8.58. The molecule has 0 fully saturated rings. The molecule has 0 saturated heterocycles. The van der Waals surface area contributed by atoms with Crippen LogP contribution in [0.2, 0.25) is 5.02 Å². The minimum Gasteiger partial charge on any atom is -0.398 e. The maximum Gasteiger partial charge on any atom is 0.168 e. The number of aromatic nitrogens is 2. The molecule has 4 nitrogen and oxygen atoms in total. The van der Waals surface area contributed by atoms with Crippen LogP contribution in [0, 0.1) is 0 Å². The number of carbonyl (C=O) groups is 1. The van der Waals surface area contributed by atoms with Crippen LogP contribution in [-0.4, -0.2) is 15.6 Å². The normalized spacial score (nSPS) is 10.7. The Morgan fingerprint density at radius 3 is 2.74 bits per heavy atom. The highest BCUT2D eigenvalue weighted by atomic mass is 35.5. The number of anilines is 1. The zero-order chi connectivity index (χ0) is 14.0. The Hall–Kier alpha value is -1.81. The van der Waals surface area contributed by atoms with Gasteiger partial charge in [0.25, 0.3) is 0 Å². The van der Waals surface area contributed by atoms with Gasteiger partial charge in [-0.25, -0.2) is 0 Å². The van der Waals surface area contributed by atoms with E-state index in [1.54, 1.807) is 22.9 Å². The molecule has 1 aromatic carbocycles. The third-order valence-electron chi connectivity index (χ3n) is 3.05. The summed E-state index contributed by atoms with van der Waals surface area (Å²) in [5.74, 6) is 0.00835. The van der Waals surface area contributed by atoms with Gasteiger partial charge < -0.3 is 5.73 Å². The minimum atomic E-state index is 0.00835. The van der Waals surface area contributed by atoms with Gasteiger partial charge in [-0.2, -0.15) is 5.10 Å². The van der Waals surface area contributed by atoms with E-state index in [0.29, 0.717) is 22.7 Å². The first kappa shape index (κ1) is 13.6. The summed E-state index contributed by atoms with van der Waals surface area (Å²) in [6.45, 7) is 2.04. The number of benzene rings is 1. The third-order valence-corrected chi connectivity index (χ3v) is 3.39. The molecule has 100 valence electrons. The number of nitrogen functional groups attached to an aromatic ring is 1. The third kappa shape index (κ3) is 2.96. The number of nitrogens with zero attached hydrogens (tertiary/aromatic N) is 2. The number of Topliss-reactive ketones (excluding diaryl/α,β-unsaturated/α-hetero) is 1. The zero-order valence-corrected chi connectivity index (χ0v) is 11.7. The Labute approximate surface area is 117 Å². The number of nitrogens with two attached hydrogens (primary N) is 1. The predicted molar refractivity (Wildman–Crippen MR) is 76.5 cm³/mol. The second-order valence-corrected chi connectivity index (χ2v) is 4.85. The number of hydrogen-bond donors (Lipinski definition) is 1. The highest BCUT2D eigenvalue weighted by Gasteiger charge is 2.12. The number of ketones is 1. The standard InChI is InChI=1S/C14H16ClN3O/c1-3-10-7-11(18(2)17-10)8-14(19)9-4-5-12(15)13(16)6-9/h4-7H,3,8,16H2,1-2H3. The molecule has 0 saturated carbocycles. The van der Waals surface area contributed by atoms with E-state index in [0.717, 1.165) is 17.8 Å². The van der Waals surface area contributed by atoms with Crippen molar-refractivity contribution in [3.05, 3.63) is 46.2 Å². The van der Waals surface area contributed by atoms with E-state index in [1.807, 2.05) is 20.0 Å². The molecule has 2 rings (SSSR count). The first-order valence-electron chi connectivity index (χ1n) is 6.11. The van der Waals surface area contributed by atoms with Gasteiger partial charge in [-0.1, -0.05) is 18.5 Å². The van der Waals surface area contributed by atoms with Gasteiger partial charge in [0.15, 0.2) is 5.78 Å². The van der Waals surface area contributed by atoms with Crippen LogP contribution in [0.4, 0.5) is 5.69 Å². The predicted octanol–water partition coefficient (Wildman–Crippen LogP) is 2.64. The molecule has 0 atom stereocenters. The van der Waals surface area contributed by atoms with Crippen molar-refractivity contribution in [1.29, 1.82) is 0 Å². The number of halogens is 1. The Balaban J connectivity index is 2.20. The first-order valence-corrected chi connectivity index (χ1v) is 6.49. The summed E-state index contributed by atoms with van der Waals surface area (Å²) in [4.78, 5) is 12.2. The average molecular weight is 278 g/mol. The van der Waals surface area contributed by atoms with Gasteiger partial charge in [0, 0.05) is 18.3 Å². The van der Waals surface area contributed by atoms with Gasteiger partial charge in [-0.3, -0.25) is 9.48 Å². The largest absolute Gasteiger partial charge is 0.398 e. The molecule has 0 radical (unpaired) electrons. The monoisotopic (exact) mass is 277 g/mol. The highest BCUT2D eigenvalue weighted by Crippen LogP contribution is 2.20. The van der Waals surface area contributed by atoms with Crippen LogP contribution in [0.3, 0.4) is 0 Å². The van der Waals surface area contributed by atoms with Gasteiger partial charge in [0.2, 0.25) is 0 Å². The highest BCUT2D eigenvalue weighted by molar-refractivity contribution is 6.33. The summed E-state index contributed by atoms with van der Waals surface area (Å²) >= 11 is 5.84. The minimum absolute atomic E-state index is 0.00835. The quantitative estimate of drug-likeness (QED) is 0.690. The van der Waals surface area contributed by atoms with Crippen LogP contribution in [0.25, 0.3) is 0 Å². The molecule has 0 bridgehead atoms. The Kier molecular flexibility index (Phi) is 3.90. The van der Waals surface area contributed by atoms with Crippen molar-refractivity contribution >= 4 is 23.1 Å². The fourth-order valence-electron chi connectivity index (χ4n) is 1.89. The molecule has 1 heterocycles. The van der Waals surface area contributed by atoms with Gasteiger partial charge in [0.05, 0.1) is 22.8 Å². The molecule has 1 aromatic heterocycles. The number of carbonyl (C=O) groups excluding carboxylic acids is 1. The Morgan fingerprint density at radius 1 is 1.42 bits per heavy atom. The molecule has 2 N–H and O–H groups in total. The van der Waals surface area contributed by atoms with Crippen molar-refractivity contribution in [2.45, 2.75) is 19.8 Å². The second kappa shape index (κ2) is 5.45. The van der Waals surface area contributed by atoms with Crippen LogP contribution < -0.4 is 5.73 Å². The molecule has 0 unspecified atom stereocenters. The van der Waals surface area contributed by atoms with E-state index in [9.17, 15) is 4.79 Å². The van der Waals surface area contributed by atoms with Crippen LogP contribution in [0.15, 0.2) is 24.3 Å². The molecule has 0 aliphatic rings. The summed E-state index contributed by atoms with van der Waals surface area (Å²) in [7, 11) is 1.85. The Bertz CT molecular complexity index is 619. The van der Waals surface area contributed by atoms with Crippen LogP contribution in [0.1, 0.15) is 28.7 Å². The Morgan fingerprint density at radius 2 is 2.16 bits per heavy atom. The molecular formula is C14H16ClN3O. The van der Waals surface area contributed by atoms with Crippen molar-refractivity contribution in [3.8, 4) is 0 Å². The zero-order valence-electron chi connectivity index (χ0n) is 11.0.